The lowest BCUT2D eigenvalue weighted by Crippen LogP contribution is -2.24. The molecule has 0 amide bonds. The van der Waals surface area contributed by atoms with Crippen LogP contribution in [0.2, 0.25) is 0 Å². The Morgan fingerprint density at radius 3 is 2.77 bits per heavy atom. The molecule has 0 fully saturated rings. The molecule has 0 spiro atoms. The van der Waals surface area contributed by atoms with Gasteiger partial charge in [0.1, 0.15) is 16.8 Å². The number of allylic oxidation sites excluding steroid dienone is 1. The molecule has 1 aromatic heterocycles. The Kier molecular flexibility index (Phi) is 3.39. The van der Waals surface area contributed by atoms with Crippen molar-refractivity contribution in [2.45, 2.75) is 11.7 Å². The Balaban J connectivity index is 1.97. The summed E-state index contributed by atoms with van der Waals surface area (Å²) in [4.78, 5) is 0. The molecule has 1 aromatic carbocycles. The third-order valence-corrected chi connectivity index (χ3v) is 4.80. The smallest absolute Gasteiger partial charge is 0.242 e. The van der Waals surface area contributed by atoms with E-state index in [9.17, 15) is 21.6 Å². The molecule has 0 aliphatic heterocycles. The van der Waals surface area contributed by atoms with E-state index in [1.807, 2.05) is 4.72 Å². The van der Waals surface area contributed by atoms with Gasteiger partial charge in [-0.05, 0) is 29.8 Å². The molecule has 116 valence electrons. The molecular weight excluding hydrogens is 323 g/mol. The minimum atomic E-state index is -4.21. The molecule has 1 aliphatic rings. The number of benzene rings is 1. The number of halogens is 3. The molecule has 0 radical (unpaired) electrons. The highest BCUT2D eigenvalue weighted by Crippen LogP contribution is 2.37. The van der Waals surface area contributed by atoms with Gasteiger partial charge in [0.15, 0.2) is 17.3 Å². The number of nitrogens with one attached hydrogen (secondary N) is 1. The van der Waals surface area contributed by atoms with Gasteiger partial charge in [-0.3, -0.25) is 4.72 Å². The summed E-state index contributed by atoms with van der Waals surface area (Å²) < 4.78 is 71.1. The number of hydrogen-bond acceptors (Lipinski definition) is 5. The van der Waals surface area contributed by atoms with Gasteiger partial charge in [-0.25, -0.2) is 26.2 Å². The minimum absolute atomic E-state index is 0.218. The normalized spacial score (nSPS) is 17.8. The van der Waals surface area contributed by atoms with Crippen LogP contribution in [0.1, 0.15) is 23.1 Å². The number of anilines is 1. The van der Waals surface area contributed by atoms with Crippen molar-refractivity contribution in [3.63, 3.8) is 0 Å². The molecule has 1 unspecified atom stereocenters. The highest BCUT2D eigenvalue weighted by Gasteiger charge is 2.37. The van der Waals surface area contributed by atoms with E-state index in [-0.39, 0.29) is 17.8 Å². The molecule has 0 saturated heterocycles. The number of fused-ring (bicyclic) bond motifs is 1. The Morgan fingerprint density at radius 1 is 1.23 bits per heavy atom. The fourth-order valence-corrected chi connectivity index (χ4v) is 3.48. The predicted octanol–water partition coefficient (Wildman–Crippen LogP) is 2.54. The van der Waals surface area contributed by atoms with Gasteiger partial charge in [-0.15, -0.1) is 0 Å². The van der Waals surface area contributed by atoms with Gasteiger partial charge in [-0.1, -0.05) is 11.2 Å². The Hall–Kier alpha value is -2.36. The van der Waals surface area contributed by atoms with Crippen LogP contribution in [-0.2, 0) is 10.0 Å². The lowest BCUT2D eigenvalue weighted by Gasteiger charge is -2.18. The van der Waals surface area contributed by atoms with Crippen LogP contribution in [0.4, 0.5) is 18.9 Å². The lowest BCUT2D eigenvalue weighted by atomic mass is 10.1. The first-order chi connectivity index (χ1) is 10.4. The van der Waals surface area contributed by atoms with Gasteiger partial charge in [-0.2, -0.15) is 0 Å². The zero-order chi connectivity index (χ0) is 15.9. The average molecular weight is 331 g/mol. The van der Waals surface area contributed by atoms with Crippen LogP contribution in [0.5, 0.6) is 0 Å². The molecule has 22 heavy (non-hydrogen) atoms. The number of rotatable bonds is 3. The standard InChI is InChI=1S/C12H8F3N3O3S/c13-6-2-1-3-8(10(6)15)18-22(19,20)9-5-4-7(14)11-12(9)17-21-16-11/h1-4,9,18H,5H2. The summed E-state index contributed by atoms with van der Waals surface area (Å²) in [7, 11) is -4.21. The van der Waals surface area contributed by atoms with Gasteiger partial charge in [0.25, 0.3) is 0 Å². The third-order valence-electron chi connectivity index (χ3n) is 3.13. The zero-order valence-electron chi connectivity index (χ0n) is 10.8. The number of sulfonamides is 1. The Morgan fingerprint density at radius 2 is 2.00 bits per heavy atom. The molecule has 3 rings (SSSR count). The van der Waals surface area contributed by atoms with Crippen LogP contribution >= 0.6 is 0 Å². The van der Waals surface area contributed by atoms with Crippen molar-refractivity contribution >= 4 is 21.5 Å². The fraction of sp³-hybridized carbons (Fsp3) is 0.167. The molecule has 0 saturated carbocycles. The van der Waals surface area contributed by atoms with Crippen molar-refractivity contribution in [1.82, 2.24) is 10.3 Å². The van der Waals surface area contributed by atoms with Crippen LogP contribution in [0.25, 0.3) is 5.83 Å². The average Bonchev–Trinajstić information content (AvgIpc) is 2.94. The number of nitrogens with zero attached hydrogens (tertiary/aromatic N) is 2. The number of aromatic nitrogens is 2. The fourth-order valence-electron chi connectivity index (χ4n) is 2.07. The summed E-state index contributed by atoms with van der Waals surface area (Å²) in [6, 6.07) is 3.07. The van der Waals surface area contributed by atoms with E-state index < -0.39 is 38.4 Å². The van der Waals surface area contributed by atoms with Crippen LogP contribution in [0.3, 0.4) is 0 Å². The van der Waals surface area contributed by atoms with E-state index in [0.29, 0.717) is 0 Å². The van der Waals surface area contributed by atoms with Crippen molar-refractivity contribution in [3.8, 4) is 0 Å². The van der Waals surface area contributed by atoms with Crippen LogP contribution in [0, 0.1) is 11.6 Å². The molecule has 10 heteroatoms. The van der Waals surface area contributed by atoms with E-state index in [0.717, 1.165) is 24.3 Å². The Bertz CT molecular complexity index is 863. The maximum absolute atomic E-state index is 13.6. The second-order valence-electron chi connectivity index (χ2n) is 4.52. The minimum Gasteiger partial charge on any atom is -0.280 e. The van der Waals surface area contributed by atoms with E-state index in [4.69, 9.17) is 0 Å². The third kappa shape index (κ3) is 2.34. The van der Waals surface area contributed by atoms with Gasteiger partial charge in [0.2, 0.25) is 10.0 Å². The topological polar surface area (TPSA) is 85.1 Å². The SMILES string of the molecule is O=S(=O)(Nc1cccc(F)c1F)C1CC=C(F)c2nonc21. The van der Waals surface area contributed by atoms with E-state index in [1.165, 1.54) is 0 Å². The van der Waals surface area contributed by atoms with Crippen molar-refractivity contribution in [2.75, 3.05) is 4.72 Å². The highest BCUT2D eigenvalue weighted by molar-refractivity contribution is 7.92. The van der Waals surface area contributed by atoms with Gasteiger partial charge >= 0.3 is 0 Å². The maximum Gasteiger partial charge on any atom is 0.242 e. The van der Waals surface area contributed by atoms with Gasteiger partial charge < -0.3 is 0 Å². The molecule has 1 heterocycles. The van der Waals surface area contributed by atoms with Gasteiger partial charge in [0.05, 0.1) is 5.69 Å². The van der Waals surface area contributed by atoms with E-state index in [2.05, 4.69) is 14.9 Å². The molecule has 0 bridgehead atoms. The molecule has 6 nitrogen and oxygen atoms in total. The summed E-state index contributed by atoms with van der Waals surface area (Å²) in [5, 5.41) is 5.34. The van der Waals surface area contributed by atoms with Crippen LogP contribution < -0.4 is 4.72 Å². The van der Waals surface area contributed by atoms with Gasteiger partial charge in [0, 0.05) is 0 Å². The van der Waals surface area contributed by atoms with Crippen LogP contribution in [0.15, 0.2) is 28.9 Å². The van der Waals surface area contributed by atoms with E-state index >= 15 is 0 Å². The second kappa shape index (κ2) is 5.13. The highest BCUT2D eigenvalue weighted by atomic mass is 32.2. The summed E-state index contributed by atoms with van der Waals surface area (Å²) >= 11 is 0. The summed E-state index contributed by atoms with van der Waals surface area (Å²) in [5.74, 6) is -3.28. The van der Waals surface area contributed by atoms with Crippen molar-refractivity contribution in [1.29, 1.82) is 0 Å². The van der Waals surface area contributed by atoms with Crippen molar-refractivity contribution < 1.29 is 26.2 Å². The molecule has 1 atom stereocenters. The number of hydrogen-bond donors (Lipinski definition) is 1. The van der Waals surface area contributed by atoms with Crippen LogP contribution in [-0.4, -0.2) is 18.7 Å². The summed E-state index contributed by atoms with van der Waals surface area (Å²) in [5.41, 5.74) is -1.08. The first kappa shape index (κ1) is 14.6. The summed E-state index contributed by atoms with van der Waals surface area (Å²) in [6.45, 7) is 0. The van der Waals surface area contributed by atoms with Crippen molar-refractivity contribution in [2.24, 2.45) is 0 Å². The molecular formula is C12H8F3N3O3S. The second-order valence-corrected chi connectivity index (χ2v) is 6.39. The maximum atomic E-state index is 13.6. The largest absolute Gasteiger partial charge is 0.280 e. The first-order valence-corrected chi connectivity index (χ1v) is 7.59. The van der Waals surface area contributed by atoms with E-state index in [1.54, 1.807) is 0 Å². The van der Waals surface area contributed by atoms with Crippen molar-refractivity contribution in [3.05, 3.63) is 47.3 Å². The Labute approximate surface area is 122 Å². The molecule has 1 aliphatic carbocycles. The quantitative estimate of drug-likeness (QED) is 0.934. The predicted molar refractivity (Wildman–Crippen MR) is 69.6 cm³/mol. The first-order valence-electron chi connectivity index (χ1n) is 6.04. The monoisotopic (exact) mass is 331 g/mol. The molecule has 2 aromatic rings. The molecule has 1 N–H and O–H groups in total. The lowest BCUT2D eigenvalue weighted by molar-refractivity contribution is 0.301. The zero-order valence-corrected chi connectivity index (χ0v) is 11.6. The summed E-state index contributed by atoms with van der Waals surface area (Å²) in [6.07, 6.45) is 0.775.